The van der Waals surface area contributed by atoms with E-state index in [1.165, 1.54) is 28.6 Å². The van der Waals surface area contributed by atoms with Gasteiger partial charge in [0.15, 0.2) is 5.82 Å². The van der Waals surface area contributed by atoms with Crippen LogP contribution in [0.2, 0.25) is 5.02 Å². The maximum Gasteiger partial charge on any atom is 0.232 e. The number of hydrogen-bond donors (Lipinski definition) is 1. The molecule has 152 valence electrons. The van der Waals surface area contributed by atoms with Crippen LogP contribution in [0.4, 0.5) is 4.39 Å². The molecule has 10 heteroatoms. The molecule has 1 aromatic heterocycles. The minimum atomic E-state index is -0.347. The number of ether oxygens (including phenoxy) is 1. The van der Waals surface area contributed by atoms with Gasteiger partial charge in [-0.15, -0.1) is 10.2 Å². The van der Waals surface area contributed by atoms with Crippen LogP contribution in [0.15, 0.2) is 53.7 Å². The molecular formula is C19H19ClFN5O2S. The molecule has 3 rings (SSSR count). The number of nitrogens with zero attached hydrogens (tertiary/aromatic N) is 4. The van der Waals surface area contributed by atoms with Crippen LogP contribution in [-0.4, -0.2) is 51.6 Å². The van der Waals surface area contributed by atoms with Crippen molar-refractivity contribution in [3.05, 3.63) is 59.4 Å². The Balaban J connectivity index is 1.48. The lowest BCUT2D eigenvalue weighted by Crippen LogP contribution is -2.32. The number of likely N-dealkylation sites (N-methyl/N-ethyl adjacent to an activating group) is 1. The highest BCUT2D eigenvalue weighted by Gasteiger charge is 2.15. The molecule has 0 saturated carbocycles. The summed E-state index contributed by atoms with van der Waals surface area (Å²) in [7, 11) is 1.70. The maximum atomic E-state index is 13.1. The van der Waals surface area contributed by atoms with E-state index in [0.29, 0.717) is 40.5 Å². The number of nitrogens with two attached hydrogens (primary N) is 1. The van der Waals surface area contributed by atoms with Crippen molar-refractivity contribution in [3.63, 3.8) is 0 Å². The number of aromatic nitrogens is 3. The number of halogens is 2. The van der Waals surface area contributed by atoms with Gasteiger partial charge in [-0.3, -0.25) is 4.79 Å². The van der Waals surface area contributed by atoms with Crippen LogP contribution in [0, 0.1) is 5.82 Å². The molecule has 0 saturated heterocycles. The maximum absolute atomic E-state index is 13.1. The molecule has 0 aliphatic heterocycles. The molecule has 1 amide bonds. The first kappa shape index (κ1) is 20.9. The van der Waals surface area contributed by atoms with Gasteiger partial charge >= 0.3 is 0 Å². The molecule has 29 heavy (non-hydrogen) atoms. The summed E-state index contributed by atoms with van der Waals surface area (Å²) in [6, 6.07) is 12.8. The predicted octanol–water partition coefficient (Wildman–Crippen LogP) is 3.08. The molecule has 2 N–H and O–H groups in total. The Kier molecular flexibility index (Phi) is 6.95. The van der Waals surface area contributed by atoms with Crippen LogP contribution in [0.1, 0.15) is 0 Å². The minimum absolute atomic E-state index is 0.0963. The molecule has 1 heterocycles. The third-order valence-electron chi connectivity index (χ3n) is 4.03. The number of thioether (sulfide) groups is 1. The Bertz CT molecular complexity index is 966. The van der Waals surface area contributed by atoms with E-state index in [2.05, 4.69) is 10.2 Å². The average Bonchev–Trinajstić information content (AvgIpc) is 3.08. The van der Waals surface area contributed by atoms with Gasteiger partial charge in [0.25, 0.3) is 0 Å². The molecule has 0 aliphatic carbocycles. The molecule has 0 bridgehead atoms. The number of nitrogen functional groups attached to an aromatic ring is 1. The molecule has 0 atom stereocenters. The highest BCUT2D eigenvalue weighted by molar-refractivity contribution is 7.99. The van der Waals surface area contributed by atoms with E-state index in [9.17, 15) is 9.18 Å². The second-order valence-corrected chi connectivity index (χ2v) is 7.47. The van der Waals surface area contributed by atoms with Crippen molar-refractivity contribution < 1.29 is 13.9 Å². The van der Waals surface area contributed by atoms with Crippen LogP contribution in [0.3, 0.4) is 0 Å². The Labute approximate surface area is 176 Å². The standard InChI is InChI=1S/C19H19ClFN5O2S/c1-25(10-11-28-16-8-4-14(20)5-9-16)17(27)12-29-19-24-23-18(26(19)22)13-2-6-15(21)7-3-13/h2-9H,10-12,22H2,1H3. The van der Waals surface area contributed by atoms with E-state index in [0.717, 1.165) is 0 Å². The number of amides is 1. The monoisotopic (exact) mass is 435 g/mol. The van der Waals surface area contributed by atoms with Gasteiger partial charge in [0.2, 0.25) is 11.1 Å². The Morgan fingerprint density at radius 2 is 1.90 bits per heavy atom. The Hall–Kier alpha value is -2.78. The van der Waals surface area contributed by atoms with Gasteiger partial charge in [-0.1, -0.05) is 23.4 Å². The summed E-state index contributed by atoms with van der Waals surface area (Å²) < 4.78 is 19.9. The average molecular weight is 436 g/mol. The van der Waals surface area contributed by atoms with Gasteiger partial charge in [-0.05, 0) is 48.5 Å². The number of benzene rings is 2. The lowest BCUT2D eigenvalue weighted by molar-refractivity contribution is -0.127. The fourth-order valence-electron chi connectivity index (χ4n) is 2.36. The number of rotatable bonds is 8. The molecule has 0 spiro atoms. The molecule has 2 aromatic carbocycles. The molecule has 0 fully saturated rings. The first-order valence-corrected chi connectivity index (χ1v) is 10.0. The third-order valence-corrected chi connectivity index (χ3v) is 5.21. The van der Waals surface area contributed by atoms with Crippen LogP contribution in [0.5, 0.6) is 5.75 Å². The number of carbonyl (C=O) groups excluding carboxylic acids is 1. The first-order chi connectivity index (χ1) is 13.9. The third kappa shape index (κ3) is 5.61. The SMILES string of the molecule is CN(CCOc1ccc(Cl)cc1)C(=O)CSc1nnc(-c2ccc(F)cc2)n1N. The second-order valence-electron chi connectivity index (χ2n) is 6.09. The summed E-state index contributed by atoms with van der Waals surface area (Å²) in [5.74, 6) is 6.80. The first-order valence-electron chi connectivity index (χ1n) is 8.65. The van der Waals surface area contributed by atoms with E-state index in [1.54, 1.807) is 48.3 Å². The summed E-state index contributed by atoms with van der Waals surface area (Å²) in [4.78, 5) is 13.9. The minimum Gasteiger partial charge on any atom is -0.492 e. The topological polar surface area (TPSA) is 86.3 Å². The van der Waals surface area contributed by atoms with Crippen molar-refractivity contribution in [1.29, 1.82) is 0 Å². The zero-order chi connectivity index (χ0) is 20.8. The molecule has 3 aromatic rings. The van der Waals surface area contributed by atoms with E-state index >= 15 is 0 Å². The van der Waals surface area contributed by atoms with Gasteiger partial charge in [-0.2, -0.15) is 0 Å². The molecule has 0 radical (unpaired) electrons. The lowest BCUT2D eigenvalue weighted by Gasteiger charge is -2.17. The highest BCUT2D eigenvalue weighted by Crippen LogP contribution is 2.22. The van der Waals surface area contributed by atoms with Crippen LogP contribution in [-0.2, 0) is 4.79 Å². The van der Waals surface area contributed by atoms with Crippen LogP contribution >= 0.6 is 23.4 Å². The smallest absolute Gasteiger partial charge is 0.232 e. The van der Waals surface area contributed by atoms with Gasteiger partial charge in [0, 0.05) is 17.6 Å². The fourth-order valence-corrected chi connectivity index (χ4v) is 3.29. The number of hydrogen-bond acceptors (Lipinski definition) is 6. The van der Waals surface area contributed by atoms with E-state index in [1.807, 2.05) is 0 Å². The molecule has 0 aliphatic rings. The fraction of sp³-hybridized carbons (Fsp3) is 0.211. The molecule has 0 unspecified atom stereocenters. The lowest BCUT2D eigenvalue weighted by atomic mass is 10.2. The summed E-state index contributed by atoms with van der Waals surface area (Å²) in [6.07, 6.45) is 0. The van der Waals surface area contributed by atoms with Crippen molar-refractivity contribution in [1.82, 2.24) is 19.8 Å². The van der Waals surface area contributed by atoms with Gasteiger partial charge in [-0.25, -0.2) is 9.07 Å². The molecular weight excluding hydrogens is 417 g/mol. The van der Waals surface area contributed by atoms with E-state index in [-0.39, 0.29) is 17.5 Å². The summed E-state index contributed by atoms with van der Waals surface area (Å²) in [6.45, 7) is 0.786. The van der Waals surface area contributed by atoms with Crippen molar-refractivity contribution in [3.8, 4) is 17.1 Å². The van der Waals surface area contributed by atoms with Gasteiger partial charge < -0.3 is 15.5 Å². The van der Waals surface area contributed by atoms with Crippen molar-refractivity contribution in [2.75, 3.05) is 31.8 Å². The Morgan fingerprint density at radius 3 is 2.59 bits per heavy atom. The summed E-state index contributed by atoms with van der Waals surface area (Å²) in [5.41, 5.74) is 0.635. The van der Waals surface area contributed by atoms with Crippen LogP contribution < -0.4 is 10.6 Å². The summed E-state index contributed by atoms with van der Waals surface area (Å²) in [5, 5.41) is 9.05. The van der Waals surface area contributed by atoms with Gasteiger partial charge in [0.1, 0.15) is 18.2 Å². The zero-order valence-corrected chi connectivity index (χ0v) is 17.2. The van der Waals surface area contributed by atoms with Gasteiger partial charge in [0.05, 0.1) is 12.3 Å². The number of carbonyl (C=O) groups is 1. The van der Waals surface area contributed by atoms with E-state index < -0.39 is 0 Å². The summed E-state index contributed by atoms with van der Waals surface area (Å²) >= 11 is 7.01. The zero-order valence-electron chi connectivity index (χ0n) is 15.6. The van der Waals surface area contributed by atoms with Crippen LogP contribution in [0.25, 0.3) is 11.4 Å². The normalized spacial score (nSPS) is 10.7. The Morgan fingerprint density at radius 1 is 1.21 bits per heavy atom. The second kappa shape index (κ2) is 9.62. The van der Waals surface area contributed by atoms with Crippen molar-refractivity contribution >= 4 is 29.3 Å². The van der Waals surface area contributed by atoms with E-state index in [4.69, 9.17) is 22.2 Å². The largest absolute Gasteiger partial charge is 0.492 e. The molecule has 7 nitrogen and oxygen atoms in total. The highest BCUT2D eigenvalue weighted by atomic mass is 35.5. The van der Waals surface area contributed by atoms with Crippen molar-refractivity contribution in [2.45, 2.75) is 5.16 Å². The quantitative estimate of drug-likeness (QED) is 0.432. The van der Waals surface area contributed by atoms with Crippen molar-refractivity contribution in [2.24, 2.45) is 0 Å². The predicted molar refractivity (Wildman–Crippen MR) is 111 cm³/mol.